The number of carbonyl (C=O) groups is 1. The molecule has 0 bridgehead atoms. The number of hydrogen-bond donors (Lipinski definition) is 0. The number of fused-ring (bicyclic) bond motifs is 2. The Morgan fingerprint density at radius 1 is 0.848 bits per heavy atom. The number of pyridine rings is 2. The lowest BCUT2D eigenvalue weighted by Gasteiger charge is -2.13. The molecule has 33 heavy (non-hydrogen) atoms. The molecule has 11 heteroatoms. The van der Waals surface area contributed by atoms with Crippen molar-refractivity contribution in [3.63, 3.8) is 0 Å². The van der Waals surface area contributed by atoms with Crippen LogP contribution in [0.15, 0.2) is 46.5 Å². The van der Waals surface area contributed by atoms with E-state index in [4.69, 9.17) is 9.47 Å². The van der Waals surface area contributed by atoms with Gasteiger partial charge in [0.1, 0.15) is 6.29 Å². The van der Waals surface area contributed by atoms with Gasteiger partial charge in [-0.1, -0.05) is 0 Å². The Labute approximate surface area is 187 Å². The smallest absolute Gasteiger partial charge is 0.270 e. The maximum atomic E-state index is 11.9. The molecule has 1 saturated heterocycles. The van der Waals surface area contributed by atoms with Crippen molar-refractivity contribution in [3.05, 3.63) is 68.8 Å². The van der Waals surface area contributed by atoms with E-state index in [2.05, 4.69) is 19.9 Å². The van der Waals surface area contributed by atoms with E-state index in [0.29, 0.717) is 48.4 Å². The number of aryl methyl sites for hydroxylation is 2. The largest absolute Gasteiger partial charge is 0.348 e. The molecule has 170 valence electrons. The average molecular weight is 450 g/mol. The van der Waals surface area contributed by atoms with Gasteiger partial charge in [-0.25, -0.2) is 19.9 Å². The van der Waals surface area contributed by atoms with Gasteiger partial charge in [0.25, 0.3) is 11.1 Å². The zero-order chi connectivity index (χ0) is 23.4. The van der Waals surface area contributed by atoms with E-state index in [1.807, 2.05) is 19.9 Å². The van der Waals surface area contributed by atoms with Gasteiger partial charge in [-0.15, -0.1) is 0 Å². The van der Waals surface area contributed by atoms with Crippen LogP contribution in [0.3, 0.4) is 0 Å². The first kappa shape index (κ1) is 22.4. The van der Waals surface area contributed by atoms with Gasteiger partial charge < -0.3 is 14.3 Å². The number of aromatic nitrogens is 6. The first-order chi connectivity index (χ1) is 16.0. The Morgan fingerprint density at radius 2 is 1.33 bits per heavy atom. The Morgan fingerprint density at radius 3 is 1.88 bits per heavy atom. The second kappa shape index (κ2) is 9.76. The molecule has 1 aliphatic heterocycles. The molecule has 1 aliphatic rings. The fourth-order valence-corrected chi connectivity index (χ4v) is 3.41. The first-order valence-electron chi connectivity index (χ1n) is 10.3. The highest BCUT2D eigenvalue weighted by atomic mass is 16.7. The summed E-state index contributed by atoms with van der Waals surface area (Å²) < 4.78 is 13.7. The first-order valence-corrected chi connectivity index (χ1v) is 10.3. The molecule has 0 N–H and O–H groups in total. The standard InChI is InChI=1S/C12H13N3O3.C10H9N3O2/c1-8-4-9-12(13-5-8)14-6-10(16)15(9)7-11-17-2-3-18-11;1-7-4-8-10(11-5-7)12-6-9(15)13(8)2-3-14/h4-6,11H,2-3,7H2,1H3;3-6H,2H2,1H3. The van der Waals surface area contributed by atoms with Gasteiger partial charge in [0, 0.05) is 12.4 Å². The number of rotatable bonds is 4. The normalized spacial score (nSPS) is 13.8. The second-order valence-electron chi connectivity index (χ2n) is 7.46. The van der Waals surface area contributed by atoms with E-state index >= 15 is 0 Å². The quantitative estimate of drug-likeness (QED) is 0.414. The summed E-state index contributed by atoms with van der Waals surface area (Å²) in [5.74, 6) is 0. The van der Waals surface area contributed by atoms with E-state index in [1.54, 1.807) is 23.0 Å². The van der Waals surface area contributed by atoms with Gasteiger partial charge in [0.2, 0.25) is 0 Å². The molecule has 0 aromatic carbocycles. The summed E-state index contributed by atoms with van der Waals surface area (Å²) in [6, 6.07) is 3.69. The van der Waals surface area contributed by atoms with Gasteiger partial charge in [0.15, 0.2) is 17.6 Å². The minimum atomic E-state index is -0.367. The average Bonchev–Trinajstić information content (AvgIpc) is 3.32. The van der Waals surface area contributed by atoms with E-state index in [-0.39, 0.29) is 24.0 Å². The molecule has 0 aliphatic carbocycles. The van der Waals surface area contributed by atoms with Crippen LogP contribution >= 0.6 is 0 Å². The number of aldehydes is 1. The molecule has 0 amide bonds. The Kier molecular flexibility index (Phi) is 6.61. The van der Waals surface area contributed by atoms with Crippen LogP contribution in [0, 0.1) is 13.8 Å². The lowest BCUT2D eigenvalue weighted by molar-refractivity contribution is -0.108. The highest BCUT2D eigenvalue weighted by molar-refractivity contribution is 5.72. The third-order valence-electron chi connectivity index (χ3n) is 4.96. The molecular weight excluding hydrogens is 428 g/mol. The van der Waals surface area contributed by atoms with Crippen molar-refractivity contribution < 1.29 is 14.3 Å². The van der Waals surface area contributed by atoms with Crippen LogP contribution in [0.1, 0.15) is 11.1 Å². The maximum absolute atomic E-state index is 11.9. The predicted molar refractivity (Wildman–Crippen MR) is 119 cm³/mol. The van der Waals surface area contributed by atoms with Crippen molar-refractivity contribution in [2.45, 2.75) is 33.2 Å². The predicted octanol–water partition coefficient (Wildman–Crippen LogP) is 0.772. The van der Waals surface area contributed by atoms with Crippen molar-refractivity contribution in [2.24, 2.45) is 0 Å². The Bertz CT molecular complexity index is 1420. The lowest BCUT2D eigenvalue weighted by Crippen LogP contribution is -2.27. The summed E-state index contributed by atoms with van der Waals surface area (Å²) in [4.78, 5) is 50.0. The molecule has 11 nitrogen and oxygen atoms in total. The second-order valence-corrected chi connectivity index (χ2v) is 7.46. The molecule has 5 heterocycles. The summed E-state index contributed by atoms with van der Waals surface area (Å²) in [5, 5.41) is 0. The summed E-state index contributed by atoms with van der Waals surface area (Å²) >= 11 is 0. The van der Waals surface area contributed by atoms with E-state index < -0.39 is 0 Å². The van der Waals surface area contributed by atoms with Gasteiger partial charge in [-0.2, -0.15) is 0 Å². The van der Waals surface area contributed by atoms with Gasteiger partial charge in [0.05, 0.1) is 49.7 Å². The minimum absolute atomic E-state index is 0.0307. The molecule has 0 atom stereocenters. The van der Waals surface area contributed by atoms with Crippen molar-refractivity contribution in [3.8, 4) is 0 Å². The molecule has 4 aromatic rings. The zero-order valence-electron chi connectivity index (χ0n) is 18.2. The molecule has 0 unspecified atom stereocenters. The van der Waals surface area contributed by atoms with Crippen LogP contribution in [0.5, 0.6) is 0 Å². The third kappa shape index (κ3) is 4.99. The van der Waals surface area contributed by atoms with Crippen molar-refractivity contribution in [1.29, 1.82) is 0 Å². The van der Waals surface area contributed by atoms with E-state index in [9.17, 15) is 14.4 Å². The molecule has 0 saturated carbocycles. The van der Waals surface area contributed by atoms with Crippen molar-refractivity contribution in [2.75, 3.05) is 13.2 Å². The fraction of sp³-hybridized carbons (Fsp3) is 0.318. The van der Waals surface area contributed by atoms with Crippen LogP contribution in [0.4, 0.5) is 0 Å². The topological polar surface area (TPSA) is 131 Å². The molecule has 0 radical (unpaired) electrons. The molecule has 0 spiro atoms. The van der Waals surface area contributed by atoms with Gasteiger partial charge in [-0.3, -0.25) is 18.7 Å². The summed E-state index contributed by atoms with van der Waals surface area (Å²) in [7, 11) is 0. The van der Waals surface area contributed by atoms with E-state index in [0.717, 1.165) is 11.1 Å². The Hall–Kier alpha value is -3.83. The van der Waals surface area contributed by atoms with E-state index in [1.165, 1.54) is 17.0 Å². The summed E-state index contributed by atoms with van der Waals surface area (Å²) in [6.07, 6.45) is 6.17. The summed E-state index contributed by atoms with van der Waals surface area (Å²) in [6.45, 7) is 5.33. The van der Waals surface area contributed by atoms with Gasteiger partial charge in [-0.05, 0) is 37.1 Å². The number of ether oxygens (including phenoxy) is 2. The van der Waals surface area contributed by atoms with Crippen molar-refractivity contribution in [1.82, 2.24) is 29.1 Å². The number of carbonyl (C=O) groups excluding carboxylic acids is 1. The SMILES string of the molecule is Cc1cnc2ncc(=O)n(CC3OCCO3)c2c1.Cc1cnc2ncc(=O)n(CC=O)c2c1. The van der Waals surface area contributed by atoms with Crippen LogP contribution in [-0.2, 0) is 27.4 Å². The third-order valence-corrected chi connectivity index (χ3v) is 4.96. The molecule has 5 rings (SSSR count). The number of nitrogens with zero attached hydrogens (tertiary/aromatic N) is 6. The van der Waals surface area contributed by atoms with Gasteiger partial charge >= 0.3 is 0 Å². The zero-order valence-corrected chi connectivity index (χ0v) is 18.2. The highest BCUT2D eigenvalue weighted by Gasteiger charge is 2.18. The van der Waals surface area contributed by atoms with Crippen LogP contribution in [0.2, 0.25) is 0 Å². The molecule has 4 aromatic heterocycles. The highest BCUT2D eigenvalue weighted by Crippen LogP contribution is 2.12. The summed E-state index contributed by atoms with van der Waals surface area (Å²) in [5.41, 5.74) is 3.78. The Balaban J connectivity index is 0.000000160. The van der Waals surface area contributed by atoms with Crippen LogP contribution in [-0.4, -0.2) is 54.9 Å². The fourth-order valence-electron chi connectivity index (χ4n) is 3.41. The maximum Gasteiger partial charge on any atom is 0.270 e. The lowest BCUT2D eigenvalue weighted by atomic mass is 10.3. The monoisotopic (exact) mass is 450 g/mol. The van der Waals surface area contributed by atoms with Crippen LogP contribution in [0.25, 0.3) is 22.3 Å². The minimum Gasteiger partial charge on any atom is -0.348 e. The van der Waals surface area contributed by atoms with Crippen LogP contribution < -0.4 is 11.1 Å². The molecular formula is C22H22N6O5. The number of hydrogen-bond acceptors (Lipinski definition) is 9. The van der Waals surface area contributed by atoms with Crippen molar-refractivity contribution >= 4 is 28.6 Å². The molecule has 1 fully saturated rings.